The maximum atomic E-state index is 12.1. The van der Waals surface area contributed by atoms with Crippen LogP contribution in [0.2, 0.25) is 0 Å². The quantitative estimate of drug-likeness (QED) is 0.919. The fourth-order valence-electron chi connectivity index (χ4n) is 2.28. The van der Waals surface area contributed by atoms with Crippen molar-refractivity contribution in [1.29, 1.82) is 0 Å². The fraction of sp³-hybridized carbons (Fsp3) is 0.333. The molecule has 1 amide bonds. The van der Waals surface area contributed by atoms with Crippen LogP contribution in [0.15, 0.2) is 36.5 Å². The van der Waals surface area contributed by atoms with Gasteiger partial charge in [0.25, 0.3) is 5.91 Å². The Balaban J connectivity index is 1.58. The van der Waals surface area contributed by atoms with Crippen molar-refractivity contribution in [3.63, 3.8) is 0 Å². The first-order valence-corrected chi connectivity index (χ1v) is 6.85. The van der Waals surface area contributed by atoms with Crippen LogP contribution in [0.25, 0.3) is 0 Å². The highest BCUT2D eigenvalue weighted by atomic mass is 16.5. The smallest absolute Gasteiger partial charge is 0.258 e. The second-order valence-corrected chi connectivity index (χ2v) is 4.78. The molecule has 0 saturated heterocycles. The first-order valence-electron chi connectivity index (χ1n) is 6.85. The maximum absolute atomic E-state index is 12.1. The Morgan fingerprint density at radius 1 is 1.35 bits per heavy atom. The van der Waals surface area contributed by atoms with Gasteiger partial charge in [0.15, 0.2) is 0 Å². The third-order valence-corrected chi connectivity index (χ3v) is 3.33. The van der Waals surface area contributed by atoms with Crippen LogP contribution < -0.4 is 10.1 Å². The average Bonchev–Trinajstić information content (AvgIpc) is 2.92. The number of aryl methyl sites for hydroxylation is 1. The normalized spacial score (nSPS) is 13.4. The number of carbonyl (C=O) groups is 1. The number of hydrogen-bond donors (Lipinski definition) is 1. The van der Waals surface area contributed by atoms with Gasteiger partial charge < -0.3 is 10.1 Å². The van der Waals surface area contributed by atoms with Crippen LogP contribution in [-0.2, 0) is 13.0 Å². The number of aromatic nitrogens is 2. The third kappa shape index (κ3) is 2.66. The van der Waals surface area contributed by atoms with Gasteiger partial charge in [-0.3, -0.25) is 4.79 Å². The Bertz CT molecular complexity index is 592. The minimum atomic E-state index is -0.121. The summed E-state index contributed by atoms with van der Waals surface area (Å²) in [5.74, 6) is 0.470. The topological polar surface area (TPSA) is 56.2 Å². The second kappa shape index (κ2) is 5.77. The van der Waals surface area contributed by atoms with E-state index in [1.807, 2.05) is 18.2 Å². The summed E-state index contributed by atoms with van der Waals surface area (Å²) in [5.41, 5.74) is 1.74. The second-order valence-electron chi connectivity index (χ2n) is 4.78. The Hall–Kier alpha value is -2.30. The number of ether oxygens (including phenoxy) is 1. The van der Waals surface area contributed by atoms with Crippen molar-refractivity contribution < 1.29 is 9.53 Å². The molecule has 0 spiro atoms. The van der Waals surface area contributed by atoms with E-state index in [2.05, 4.69) is 22.5 Å². The summed E-state index contributed by atoms with van der Waals surface area (Å²) in [6.07, 6.45) is 3.33. The molecule has 104 valence electrons. The molecule has 0 unspecified atom stereocenters. The minimum Gasteiger partial charge on any atom is -0.477 e. The van der Waals surface area contributed by atoms with E-state index in [9.17, 15) is 4.79 Å². The fourth-order valence-corrected chi connectivity index (χ4v) is 2.28. The highest BCUT2D eigenvalue weighted by Crippen LogP contribution is 2.21. The number of nitrogens with one attached hydrogen (secondary N) is 1. The molecule has 0 fully saturated rings. The molecule has 5 nitrogen and oxygen atoms in total. The van der Waals surface area contributed by atoms with E-state index in [1.165, 1.54) is 5.56 Å². The van der Waals surface area contributed by atoms with Crippen molar-refractivity contribution in [2.24, 2.45) is 0 Å². The van der Waals surface area contributed by atoms with Crippen LogP contribution in [0.3, 0.4) is 0 Å². The van der Waals surface area contributed by atoms with Gasteiger partial charge in [0.05, 0.1) is 12.8 Å². The lowest BCUT2D eigenvalue weighted by Gasteiger charge is -2.15. The number of nitrogens with zero attached hydrogens (tertiary/aromatic N) is 2. The lowest BCUT2D eigenvalue weighted by Crippen LogP contribution is -2.26. The third-order valence-electron chi connectivity index (χ3n) is 3.33. The molecule has 2 heterocycles. The molecule has 1 aliphatic rings. The van der Waals surface area contributed by atoms with E-state index in [0.717, 1.165) is 19.4 Å². The molecule has 3 rings (SSSR count). The highest BCUT2D eigenvalue weighted by molar-refractivity contribution is 5.96. The Labute approximate surface area is 117 Å². The number of benzene rings is 1. The van der Waals surface area contributed by atoms with Gasteiger partial charge >= 0.3 is 0 Å². The van der Waals surface area contributed by atoms with Crippen molar-refractivity contribution >= 4 is 5.91 Å². The summed E-state index contributed by atoms with van der Waals surface area (Å²) in [7, 11) is 0. The molecule has 0 saturated carbocycles. The highest BCUT2D eigenvalue weighted by Gasteiger charge is 2.21. The SMILES string of the molecule is O=C(NCCc1ccccc1)c1cnn2c1OCCC2. The van der Waals surface area contributed by atoms with E-state index in [-0.39, 0.29) is 5.91 Å². The predicted molar refractivity (Wildman–Crippen MR) is 74.8 cm³/mol. The van der Waals surface area contributed by atoms with Crippen molar-refractivity contribution in [3.05, 3.63) is 47.7 Å². The molecule has 0 radical (unpaired) electrons. The molecule has 1 aromatic heterocycles. The molecule has 0 atom stereocenters. The summed E-state index contributed by atoms with van der Waals surface area (Å²) in [4.78, 5) is 12.1. The van der Waals surface area contributed by atoms with Crippen molar-refractivity contribution in [2.75, 3.05) is 13.2 Å². The van der Waals surface area contributed by atoms with Crippen LogP contribution in [0, 0.1) is 0 Å². The Kier molecular flexibility index (Phi) is 3.67. The molecule has 0 bridgehead atoms. The van der Waals surface area contributed by atoms with Gasteiger partial charge in [-0.2, -0.15) is 5.10 Å². The number of amides is 1. The summed E-state index contributed by atoms with van der Waals surface area (Å²) in [6.45, 7) is 2.07. The average molecular weight is 271 g/mol. The van der Waals surface area contributed by atoms with E-state index < -0.39 is 0 Å². The molecule has 1 N–H and O–H groups in total. The molecule has 0 aliphatic carbocycles. The first kappa shape index (κ1) is 12.7. The Morgan fingerprint density at radius 2 is 2.20 bits per heavy atom. The zero-order chi connectivity index (χ0) is 13.8. The number of carbonyl (C=O) groups excluding carboxylic acids is 1. The minimum absolute atomic E-state index is 0.121. The van der Waals surface area contributed by atoms with Crippen molar-refractivity contribution in [2.45, 2.75) is 19.4 Å². The monoisotopic (exact) mass is 271 g/mol. The molecule has 20 heavy (non-hydrogen) atoms. The van der Waals surface area contributed by atoms with E-state index in [1.54, 1.807) is 10.9 Å². The van der Waals surface area contributed by atoms with Gasteiger partial charge in [-0.25, -0.2) is 4.68 Å². The van der Waals surface area contributed by atoms with Crippen LogP contribution in [0.5, 0.6) is 5.88 Å². The predicted octanol–water partition coefficient (Wildman–Crippen LogP) is 1.64. The van der Waals surface area contributed by atoms with E-state index >= 15 is 0 Å². The van der Waals surface area contributed by atoms with Crippen molar-refractivity contribution in [3.8, 4) is 5.88 Å². The van der Waals surface area contributed by atoms with E-state index in [0.29, 0.717) is 24.6 Å². The zero-order valence-corrected chi connectivity index (χ0v) is 11.2. The number of fused-ring (bicyclic) bond motifs is 1. The summed E-state index contributed by atoms with van der Waals surface area (Å²) >= 11 is 0. The molecule has 2 aromatic rings. The summed E-state index contributed by atoms with van der Waals surface area (Å²) in [5, 5.41) is 7.09. The largest absolute Gasteiger partial charge is 0.477 e. The maximum Gasteiger partial charge on any atom is 0.258 e. The van der Waals surface area contributed by atoms with Gasteiger partial charge in [0.2, 0.25) is 5.88 Å². The molecular formula is C15H17N3O2. The van der Waals surface area contributed by atoms with Gasteiger partial charge in [-0.05, 0) is 12.0 Å². The zero-order valence-electron chi connectivity index (χ0n) is 11.2. The van der Waals surface area contributed by atoms with Crippen LogP contribution >= 0.6 is 0 Å². The van der Waals surface area contributed by atoms with Gasteiger partial charge in [0, 0.05) is 19.5 Å². The molecular weight excluding hydrogens is 254 g/mol. The van der Waals surface area contributed by atoms with Crippen LogP contribution in [0.1, 0.15) is 22.3 Å². The summed E-state index contributed by atoms with van der Waals surface area (Å²) in [6, 6.07) is 10.1. The van der Waals surface area contributed by atoms with E-state index in [4.69, 9.17) is 4.74 Å². The number of hydrogen-bond acceptors (Lipinski definition) is 3. The number of rotatable bonds is 4. The lowest BCUT2D eigenvalue weighted by atomic mass is 10.1. The molecule has 1 aliphatic heterocycles. The van der Waals surface area contributed by atoms with Crippen molar-refractivity contribution in [1.82, 2.24) is 15.1 Å². The van der Waals surface area contributed by atoms with Gasteiger partial charge in [0.1, 0.15) is 5.56 Å². The Morgan fingerprint density at radius 3 is 3.05 bits per heavy atom. The van der Waals surface area contributed by atoms with Crippen LogP contribution in [0.4, 0.5) is 0 Å². The van der Waals surface area contributed by atoms with Gasteiger partial charge in [-0.1, -0.05) is 30.3 Å². The molecule has 5 heteroatoms. The molecule has 1 aromatic carbocycles. The standard InChI is InChI=1S/C15H17N3O2/c19-14(16-8-7-12-5-2-1-3-6-12)13-11-17-18-9-4-10-20-15(13)18/h1-3,5-6,11H,4,7-10H2,(H,16,19). The lowest BCUT2D eigenvalue weighted by molar-refractivity contribution is 0.0947. The van der Waals surface area contributed by atoms with Crippen LogP contribution in [-0.4, -0.2) is 28.8 Å². The summed E-state index contributed by atoms with van der Waals surface area (Å²) < 4.78 is 7.27. The first-order chi connectivity index (χ1) is 9.84. The van der Waals surface area contributed by atoms with Gasteiger partial charge in [-0.15, -0.1) is 0 Å².